The number of alkyl halides is 3. The minimum absolute atomic E-state index is 0.0497. The molecule has 0 unspecified atom stereocenters. The van der Waals surface area contributed by atoms with Crippen LogP contribution in [-0.2, 0) is 11.2 Å². The van der Waals surface area contributed by atoms with Gasteiger partial charge in [-0.05, 0) is 54.3 Å². The molecule has 0 saturated carbocycles. The second kappa shape index (κ2) is 7.05. The van der Waals surface area contributed by atoms with Crippen molar-refractivity contribution in [2.75, 3.05) is 6.54 Å². The quantitative estimate of drug-likeness (QED) is 0.703. The number of halogens is 3. The largest absolute Gasteiger partial charge is 0.446 e. The van der Waals surface area contributed by atoms with Gasteiger partial charge in [-0.3, -0.25) is 0 Å². The van der Waals surface area contributed by atoms with Gasteiger partial charge in [-0.2, -0.15) is 13.2 Å². The van der Waals surface area contributed by atoms with Crippen molar-refractivity contribution in [3.63, 3.8) is 0 Å². The number of benzene rings is 1. The smallest absolute Gasteiger partial charge is 0.329 e. The Bertz CT molecular complexity index is 505. The van der Waals surface area contributed by atoms with E-state index < -0.39 is 5.51 Å². The van der Waals surface area contributed by atoms with Crippen molar-refractivity contribution in [1.29, 1.82) is 0 Å². The summed E-state index contributed by atoms with van der Waals surface area (Å²) in [7, 11) is 0. The zero-order valence-corrected chi connectivity index (χ0v) is 15.3. The lowest BCUT2D eigenvalue weighted by atomic mass is 9.86. The van der Waals surface area contributed by atoms with E-state index in [-0.39, 0.29) is 26.8 Å². The van der Waals surface area contributed by atoms with Crippen molar-refractivity contribution in [3.05, 3.63) is 29.3 Å². The van der Waals surface area contributed by atoms with Crippen LogP contribution in [0.1, 0.15) is 45.7 Å². The van der Waals surface area contributed by atoms with Gasteiger partial charge in [0.05, 0.1) is 0 Å². The molecule has 0 aliphatic carbocycles. The van der Waals surface area contributed by atoms with E-state index in [0.29, 0.717) is 12.3 Å². The standard InChI is InChI=1S/C16H24F3NS2/c1-14(2,3)12-6-11(9-21-15(4,5)10-20)7-13(8-12)22-16(17,18)19/h6-8H,9-10,20H2,1-5H3. The average molecular weight is 352 g/mol. The van der Waals surface area contributed by atoms with E-state index in [9.17, 15) is 13.2 Å². The molecule has 0 aromatic heterocycles. The Morgan fingerprint density at radius 3 is 2.05 bits per heavy atom. The molecular formula is C16H24F3NS2. The fourth-order valence-corrected chi connectivity index (χ4v) is 3.21. The molecule has 0 radical (unpaired) electrons. The summed E-state index contributed by atoms with van der Waals surface area (Å²) in [6.45, 7) is 10.6. The Hall–Kier alpha value is -0.330. The van der Waals surface area contributed by atoms with E-state index in [4.69, 9.17) is 5.73 Å². The van der Waals surface area contributed by atoms with Crippen LogP contribution >= 0.6 is 23.5 Å². The number of rotatable bonds is 5. The lowest BCUT2D eigenvalue weighted by Gasteiger charge is -2.24. The fraction of sp³-hybridized carbons (Fsp3) is 0.625. The topological polar surface area (TPSA) is 26.0 Å². The van der Waals surface area contributed by atoms with E-state index in [2.05, 4.69) is 0 Å². The predicted molar refractivity (Wildman–Crippen MR) is 91.5 cm³/mol. The van der Waals surface area contributed by atoms with Gasteiger partial charge < -0.3 is 5.73 Å². The highest BCUT2D eigenvalue weighted by Crippen LogP contribution is 2.40. The molecule has 1 rings (SSSR count). The van der Waals surface area contributed by atoms with E-state index in [1.165, 1.54) is 0 Å². The van der Waals surface area contributed by atoms with Crippen LogP contribution in [0.3, 0.4) is 0 Å². The van der Waals surface area contributed by atoms with Gasteiger partial charge in [-0.1, -0.05) is 26.8 Å². The monoisotopic (exact) mass is 351 g/mol. The molecule has 0 aliphatic heterocycles. The molecule has 1 nitrogen and oxygen atoms in total. The van der Waals surface area contributed by atoms with Crippen LogP contribution < -0.4 is 5.73 Å². The van der Waals surface area contributed by atoms with Crippen molar-refractivity contribution >= 4 is 23.5 Å². The molecule has 0 amide bonds. The number of thioether (sulfide) groups is 2. The highest BCUT2D eigenvalue weighted by atomic mass is 32.2. The molecule has 0 atom stereocenters. The maximum atomic E-state index is 12.7. The Morgan fingerprint density at radius 1 is 1.00 bits per heavy atom. The first-order valence-corrected chi connectivity index (χ1v) is 8.87. The summed E-state index contributed by atoms with van der Waals surface area (Å²) in [4.78, 5) is 0.251. The van der Waals surface area contributed by atoms with Crippen LogP contribution in [0.25, 0.3) is 0 Å². The molecule has 0 bridgehead atoms. The van der Waals surface area contributed by atoms with Gasteiger partial charge in [0.1, 0.15) is 0 Å². The molecular weight excluding hydrogens is 327 g/mol. The van der Waals surface area contributed by atoms with Crippen LogP contribution in [0.4, 0.5) is 13.2 Å². The van der Waals surface area contributed by atoms with Gasteiger partial charge >= 0.3 is 5.51 Å². The zero-order chi connectivity index (χ0) is 17.2. The Kier molecular flexibility index (Phi) is 6.32. The Morgan fingerprint density at radius 2 is 1.59 bits per heavy atom. The third-order valence-corrected chi connectivity index (χ3v) is 5.32. The second-order valence-corrected chi connectivity index (χ2v) is 9.74. The van der Waals surface area contributed by atoms with Crippen LogP contribution in [0.2, 0.25) is 0 Å². The van der Waals surface area contributed by atoms with Gasteiger partial charge in [-0.15, -0.1) is 11.8 Å². The molecule has 2 N–H and O–H groups in total. The molecule has 126 valence electrons. The first-order chi connectivity index (χ1) is 9.82. The second-order valence-electron chi connectivity index (χ2n) is 6.92. The number of hydrogen-bond donors (Lipinski definition) is 1. The van der Waals surface area contributed by atoms with E-state index in [0.717, 1.165) is 11.1 Å². The molecule has 0 saturated heterocycles. The summed E-state index contributed by atoms with van der Waals surface area (Å²) in [6, 6.07) is 5.27. The summed E-state index contributed by atoms with van der Waals surface area (Å²) in [5.41, 5.74) is 3.08. The molecule has 0 heterocycles. The van der Waals surface area contributed by atoms with Gasteiger partial charge in [0.25, 0.3) is 0 Å². The van der Waals surface area contributed by atoms with Crippen LogP contribution in [-0.4, -0.2) is 16.8 Å². The highest BCUT2D eigenvalue weighted by Gasteiger charge is 2.30. The molecule has 0 aliphatic rings. The van der Waals surface area contributed by atoms with Crippen molar-refractivity contribution in [2.24, 2.45) is 5.73 Å². The van der Waals surface area contributed by atoms with Gasteiger partial charge in [-0.25, -0.2) is 0 Å². The van der Waals surface area contributed by atoms with Crippen LogP contribution in [0.15, 0.2) is 23.1 Å². The predicted octanol–water partition coefficient (Wildman–Crippen LogP) is 5.57. The fourth-order valence-electron chi connectivity index (χ4n) is 1.71. The normalized spacial score (nSPS) is 13.5. The average Bonchev–Trinajstić information content (AvgIpc) is 2.33. The van der Waals surface area contributed by atoms with Gasteiger partial charge in [0.15, 0.2) is 0 Å². The van der Waals surface area contributed by atoms with Crippen molar-refractivity contribution in [2.45, 2.75) is 60.9 Å². The lowest BCUT2D eigenvalue weighted by molar-refractivity contribution is -0.0328. The molecule has 0 fully saturated rings. The van der Waals surface area contributed by atoms with Crippen LogP contribution in [0, 0.1) is 0 Å². The van der Waals surface area contributed by atoms with E-state index in [1.807, 2.05) is 40.7 Å². The summed E-state index contributed by atoms with van der Waals surface area (Å²) in [5.74, 6) is 0.652. The molecule has 22 heavy (non-hydrogen) atoms. The minimum atomic E-state index is -4.27. The Balaban J connectivity index is 3.08. The summed E-state index contributed by atoms with van der Waals surface area (Å²) in [5, 5.41) is 0. The molecule has 6 heteroatoms. The molecule has 1 aromatic carbocycles. The molecule has 0 spiro atoms. The van der Waals surface area contributed by atoms with Gasteiger partial charge in [0.2, 0.25) is 0 Å². The maximum Gasteiger partial charge on any atom is 0.446 e. The highest BCUT2D eigenvalue weighted by molar-refractivity contribution is 8.00. The minimum Gasteiger partial charge on any atom is -0.329 e. The van der Waals surface area contributed by atoms with Crippen molar-refractivity contribution in [3.8, 4) is 0 Å². The first kappa shape index (κ1) is 19.7. The van der Waals surface area contributed by atoms with E-state index in [1.54, 1.807) is 23.9 Å². The number of nitrogens with two attached hydrogens (primary N) is 1. The first-order valence-electron chi connectivity index (χ1n) is 7.07. The number of hydrogen-bond acceptors (Lipinski definition) is 3. The SMILES string of the molecule is CC(C)(CN)SCc1cc(SC(F)(F)F)cc(C(C)(C)C)c1. The molecule has 1 aromatic rings. The summed E-state index contributed by atoms with van der Waals surface area (Å²) >= 11 is 1.61. The lowest BCUT2D eigenvalue weighted by Crippen LogP contribution is -2.26. The zero-order valence-electron chi connectivity index (χ0n) is 13.7. The third kappa shape index (κ3) is 6.84. The third-order valence-electron chi connectivity index (χ3n) is 3.19. The van der Waals surface area contributed by atoms with Crippen molar-refractivity contribution in [1.82, 2.24) is 0 Å². The van der Waals surface area contributed by atoms with Crippen LogP contribution in [0.5, 0.6) is 0 Å². The Labute approximate surface area is 139 Å². The van der Waals surface area contributed by atoms with Gasteiger partial charge in [0, 0.05) is 21.9 Å². The summed E-state index contributed by atoms with van der Waals surface area (Å²) in [6.07, 6.45) is 0. The summed E-state index contributed by atoms with van der Waals surface area (Å²) < 4.78 is 37.9. The van der Waals surface area contributed by atoms with Crippen molar-refractivity contribution < 1.29 is 13.2 Å². The maximum absolute atomic E-state index is 12.7. The van der Waals surface area contributed by atoms with E-state index >= 15 is 0 Å².